The molecule has 1 aromatic heterocycles. The summed E-state index contributed by atoms with van der Waals surface area (Å²) in [6.07, 6.45) is 3.66. The zero-order chi connectivity index (χ0) is 12.3. The van der Waals surface area contributed by atoms with Gasteiger partial charge in [-0.2, -0.15) is 5.10 Å². The molecule has 2 rings (SSSR count). The maximum atomic E-state index is 5.95. The molecule has 0 bridgehead atoms. The summed E-state index contributed by atoms with van der Waals surface area (Å²) in [5, 5.41) is 4.79. The SMILES string of the molecule is CCCC(c1ccccc1)n1ncc(Cl)c1N. The van der Waals surface area contributed by atoms with Crippen LogP contribution in [-0.2, 0) is 0 Å². The smallest absolute Gasteiger partial charge is 0.141 e. The molecule has 0 amide bonds. The van der Waals surface area contributed by atoms with Gasteiger partial charge in [0, 0.05) is 0 Å². The third-order valence-electron chi connectivity index (χ3n) is 2.83. The van der Waals surface area contributed by atoms with Crippen LogP contribution in [0, 0.1) is 0 Å². The maximum absolute atomic E-state index is 5.95. The fourth-order valence-corrected chi connectivity index (χ4v) is 2.11. The molecule has 0 spiro atoms. The summed E-state index contributed by atoms with van der Waals surface area (Å²) in [6, 6.07) is 10.4. The summed E-state index contributed by atoms with van der Waals surface area (Å²) in [5.74, 6) is 0.536. The highest BCUT2D eigenvalue weighted by atomic mass is 35.5. The first-order valence-corrected chi connectivity index (χ1v) is 6.15. The number of nitrogens with zero attached hydrogens (tertiary/aromatic N) is 2. The van der Waals surface area contributed by atoms with E-state index in [2.05, 4.69) is 24.2 Å². The van der Waals surface area contributed by atoms with Crippen molar-refractivity contribution in [1.29, 1.82) is 0 Å². The molecule has 0 radical (unpaired) electrons. The quantitative estimate of drug-likeness (QED) is 0.901. The van der Waals surface area contributed by atoms with Crippen LogP contribution in [0.4, 0.5) is 5.82 Å². The molecule has 2 N–H and O–H groups in total. The van der Waals surface area contributed by atoms with E-state index in [0.29, 0.717) is 10.8 Å². The number of anilines is 1. The van der Waals surface area contributed by atoms with Crippen molar-refractivity contribution in [3.63, 3.8) is 0 Å². The van der Waals surface area contributed by atoms with Crippen molar-refractivity contribution < 1.29 is 0 Å². The number of nitrogens with two attached hydrogens (primary N) is 1. The van der Waals surface area contributed by atoms with E-state index in [1.165, 1.54) is 5.56 Å². The number of halogens is 1. The highest BCUT2D eigenvalue weighted by Crippen LogP contribution is 2.28. The monoisotopic (exact) mass is 249 g/mol. The number of hydrogen-bond donors (Lipinski definition) is 1. The van der Waals surface area contributed by atoms with Gasteiger partial charge in [-0.15, -0.1) is 0 Å². The summed E-state index contributed by atoms with van der Waals surface area (Å²) in [4.78, 5) is 0. The van der Waals surface area contributed by atoms with Gasteiger partial charge in [0.25, 0.3) is 0 Å². The number of aromatic nitrogens is 2. The zero-order valence-corrected chi connectivity index (χ0v) is 10.6. The first kappa shape index (κ1) is 12.0. The van der Waals surface area contributed by atoms with Crippen molar-refractivity contribution in [1.82, 2.24) is 9.78 Å². The second kappa shape index (κ2) is 5.23. The molecule has 1 aromatic carbocycles. The van der Waals surface area contributed by atoms with E-state index >= 15 is 0 Å². The average Bonchev–Trinajstić information content (AvgIpc) is 2.69. The lowest BCUT2D eigenvalue weighted by Gasteiger charge is -2.18. The molecule has 3 nitrogen and oxygen atoms in total. The van der Waals surface area contributed by atoms with E-state index in [4.69, 9.17) is 17.3 Å². The Balaban J connectivity index is 2.39. The van der Waals surface area contributed by atoms with E-state index < -0.39 is 0 Å². The first-order valence-electron chi connectivity index (χ1n) is 5.77. The van der Waals surface area contributed by atoms with Gasteiger partial charge < -0.3 is 5.73 Å². The highest BCUT2D eigenvalue weighted by molar-refractivity contribution is 6.32. The van der Waals surface area contributed by atoms with Gasteiger partial charge in [0.2, 0.25) is 0 Å². The standard InChI is InChI=1S/C13H16ClN3/c1-2-6-12(10-7-4-3-5-8-10)17-13(15)11(14)9-16-17/h3-5,7-9,12H,2,6,15H2,1H3. The fraction of sp³-hybridized carbons (Fsp3) is 0.308. The Morgan fingerprint density at radius 2 is 2.06 bits per heavy atom. The molecule has 1 heterocycles. The Labute approximate surface area is 106 Å². The molecule has 0 aliphatic carbocycles. The molecule has 17 heavy (non-hydrogen) atoms. The number of nitrogen functional groups attached to an aromatic ring is 1. The first-order chi connectivity index (χ1) is 8.24. The normalized spacial score (nSPS) is 12.6. The second-order valence-corrected chi connectivity index (χ2v) is 4.44. The molecule has 1 unspecified atom stereocenters. The van der Waals surface area contributed by atoms with Gasteiger partial charge in [0.05, 0.1) is 12.2 Å². The van der Waals surface area contributed by atoms with Crippen LogP contribution in [0.5, 0.6) is 0 Å². The molecular weight excluding hydrogens is 234 g/mol. The third kappa shape index (κ3) is 2.44. The van der Waals surface area contributed by atoms with Crippen LogP contribution in [0.15, 0.2) is 36.5 Å². The minimum absolute atomic E-state index is 0.161. The van der Waals surface area contributed by atoms with Gasteiger partial charge in [-0.25, -0.2) is 4.68 Å². The fourth-order valence-electron chi connectivity index (χ4n) is 1.98. The van der Waals surface area contributed by atoms with E-state index in [0.717, 1.165) is 12.8 Å². The lowest BCUT2D eigenvalue weighted by atomic mass is 10.0. The van der Waals surface area contributed by atoms with Crippen molar-refractivity contribution in [3.05, 3.63) is 47.1 Å². The summed E-state index contributed by atoms with van der Waals surface area (Å²) in [7, 11) is 0. The van der Waals surface area contributed by atoms with Crippen LogP contribution in [0.1, 0.15) is 31.4 Å². The van der Waals surface area contributed by atoms with E-state index in [1.807, 2.05) is 18.2 Å². The van der Waals surface area contributed by atoms with Crippen molar-refractivity contribution in [2.75, 3.05) is 5.73 Å². The Bertz CT molecular complexity index is 479. The van der Waals surface area contributed by atoms with Crippen molar-refractivity contribution >= 4 is 17.4 Å². The predicted octanol–water partition coefficient (Wildman–Crippen LogP) is 3.51. The van der Waals surface area contributed by atoms with Crippen LogP contribution < -0.4 is 5.73 Å². The van der Waals surface area contributed by atoms with Crippen LogP contribution in [0.25, 0.3) is 0 Å². The van der Waals surface area contributed by atoms with E-state index in [1.54, 1.807) is 10.9 Å². The molecule has 0 saturated heterocycles. The zero-order valence-electron chi connectivity index (χ0n) is 9.81. The van der Waals surface area contributed by atoms with Crippen LogP contribution in [-0.4, -0.2) is 9.78 Å². The molecule has 0 aliphatic heterocycles. The van der Waals surface area contributed by atoms with E-state index in [-0.39, 0.29) is 6.04 Å². The molecule has 0 saturated carbocycles. The van der Waals surface area contributed by atoms with Crippen LogP contribution >= 0.6 is 11.6 Å². The van der Waals surface area contributed by atoms with E-state index in [9.17, 15) is 0 Å². The predicted molar refractivity (Wildman–Crippen MR) is 71.1 cm³/mol. The molecule has 90 valence electrons. The number of benzene rings is 1. The molecule has 0 aliphatic rings. The molecule has 2 aromatic rings. The van der Waals surface area contributed by atoms with Crippen molar-refractivity contribution in [2.24, 2.45) is 0 Å². The largest absolute Gasteiger partial charge is 0.383 e. The lowest BCUT2D eigenvalue weighted by Crippen LogP contribution is -2.14. The van der Waals surface area contributed by atoms with Gasteiger partial charge in [0.15, 0.2) is 0 Å². The van der Waals surface area contributed by atoms with Gasteiger partial charge in [-0.1, -0.05) is 55.3 Å². The summed E-state index contributed by atoms with van der Waals surface area (Å²) in [6.45, 7) is 2.15. The second-order valence-electron chi connectivity index (χ2n) is 4.04. The Morgan fingerprint density at radius 3 is 2.59 bits per heavy atom. The molecule has 1 atom stereocenters. The average molecular weight is 250 g/mol. The summed E-state index contributed by atoms with van der Waals surface area (Å²) >= 11 is 5.95. The Kier molecular flexibility index (Phi) is 3.69. The van der Waals surface area contributed by atoms with Crippen molar-refractivity contribution in [3.8, 4) is 0 Å². The van der Waals surface area contributed by atoms with Crippen LogP contribution in [0.2, 0.25) is 5.02 Å². The van der Waals surface area contributed by atoms with Crippen molar-refractivity contribution in [2.45, 2.75) is 25.8 Å². The number of hydrogen-bond acceptors (Lipinski definition) is 2. The Hall–Kier alpha value is -1.48. The number of rotatable bonds is 4. The third-order valence-corrected chi connectivity index (χ3v) is 3.12. The summed E-state index contributed by atoms with van der Waals surface area (Å²) in [5.41, 5.74) is 7.15. The minimum Gasteiger partial charge on any atom is -0.383 e. The minimum atomic E-state index is 0.161. The topological polar surface area (TPSA) is 43.8 Å². The Morgan fingerprint density at radius 1 is 1.35 bits per heavy atom. The molecule has 4 heteroatoms. The van der Waals surface area contributed by atoms with Crippen LogP contribution in [0.3, 0.4) is 0 Å². The lowest BCUT2D eigenvalue weighted by molar-refractivity contribution is 0.491. The van der Waals surface area contributed by atoms with Gasteiger partial charge in [0.1, 0.15) is 10.8 Å². The molecular formula is C13H16ClN3. The van der Waals surface area contributed by atoms with Gasteiger partial charge >= 0.3 is 0 Å². The van der Waals surface area contributed by atoms with Gasteiger partial charge in [-0.3, -0.25) is 0 Å². The highest BCUT2D eigenvalue weighted by Gasteiger charge is 2.17. The summed E-state index contributed by atoms with van der Waals surface area (Å²) < 4.78 is 1.81. The maximum Gasteiger partial charge on any atom is 0.141 e. The van der Waals surface area contributed by atoms with Gasteiger partial charge in [-0.05, 0) is 12.0 Å². The molecule has 0 fully saturated rings.